The molecular formula is C15H10Br2O. The Bertz CT molecular complexity index is 711. The van der Waals surface area contributed by atoms with Crippen molar-refractivity contribution in [3.63, 3.8) is 0 Å². The third-order valence-electron chi connectivity index (χ3n) is 3.00. The average Bonchev–Trinajstić information content (AvgIpc) is 2.68. The molecule has 90 valence electrons. The van der Waals surface area contributed by atoms with Crippen molar-refractivity contribution in [3.8, 4) is 11.3 Å². The van der Waals surface area contributed by atoms with Crippen molar-refractivity contribution in [2.75, 3.05) is 0 Å². The summed E-state index contributed by atoms with van der Waals surface area (Å²) in [5.74, 6) is 0.940. The van der Waals surface area contributed by atoms with E-state index in [0.717, 1.165) is 31.2 Å². The number of fused-ring (bicyclic) bond motifs is 1. The Kier molecular flexibility index (Phi) is 3.04. The number of halogens is 2. The Balaban J connectivity index is 2.23. The van der Waals surface area contributed by atoms with Crippen LogP contribution in [0.2, 0.25) is 0 Å². The average molecular weight is 366 g/mol. The molecule has 1 nitrogen and oxygen atoms in total. The van der Waals surface area contributed by atoms with Gasteiger partial charge < -0.3 is 4.42 Å². The monoisotopic (exact) mass is 364 g/mol. The van der Waals surface area contributed by atoms with E-state index in [0.29, 0.717) is 0 Å². The van der Waals surface area contributed by atoms with Crippen molar-refractivity contribution in [2.24, 2.45) is 0 Å². The lowest BCUT2D eigenvalue weighted by atomic mass is 10.1. The highest BCUT2D eigenvalue weighted by molar-refractivity contribution is 9.10. The number of rotatable bonds is 1. The molecular weight excluding hydrogens is 356 g/mol. The van der Waals surface area contributed by atoms with E-state index in [9.17, 15) is 0 Å². The first kappa shape index (κ1) is 12.0. The van der Waals surface area contributed by atoms with Crippen LogP contribution in [0.1, 0.15) is 5.56 Å². The summed E-state index contributed by atoms with van der Waals surface area (Å²) in [5.41, 5.74) is 3.20. The van der Waals surface area contributed by atoms with Gasteiger partial charge in [0.25, 0.3) is 0 Å². The zero-order chi connectivity index (χ0) is 12.7. The first-order valence-corrected chi connectivity index (χ1v) is 7.18. The molecule has 0 spiro atoms. The highest BCUT2D eigenvalue weighted by atomic mass is 79.9. The molecule has 0 unspecified atom stereocenters. The zero-order valence-electron chi connectivity index (χ0n) is 9.71. The van der Waals surface area contributed by atoms with E-state index in [1.165, 1.54) is 5.56 Å². The third kappa shape index (κ3) is 2.02. The van der Waals surface area contributed by atoms with Crippen LogP contribution in [-0.4, -0.2) is 0 Å². The summed E-state index contributed by atoms with van der Waals surface area (Å²) in [4.78, 5) is 0. The zero-order valence-corrected chi connectivity index (χ0v) is 12.9. The fraction of sp³-hybridized carbons (Fsp3) is 0.0667. The van der Waals surface area contributed by atoms with Gasteiger partial charge in [0.15, 0.2) is 0 Å². The van der Waals surface area contributed by atoms with Crippen LogP contribution in [0, 0.1) is 6.92 Å². The lowest BCUT2D eigenvalue weighted by Gasteiger charge is -1.98. The molecule has 0 aliphatic rings. The maximum atomic E-state index is 5.94. The molecule has 0 N–H and O–H groups in total. The summed E-state index contributed by atoms with van der Waals surface area (Å²) in [7, 11) is 0. The summed E-state index contributed by atoms with van der Waals surface area (Å²) >= 11 is 6.94. The fourth-order valence-corrected chi connectivity index (χ4v) is 2.70. The van der Waals surface area contributed by atoms with E-state index < -0.39 is 0 Å². The summed E-state index contributed by atoms with van der Waals surface area (Å²) in [5, 5.41) is 1.15. The molecule has 0 amide bonds. The molecule has 0 aliphatic heterocycles. The van der Waals surface area contributed by atoms with Crippen molar-refractivity contribution >= 4 is 42.8 Å². The molecule has 1 heterocycles. The van der Waals surface area contributed by atoms with Gasteiger partial charge in [-0.05, 0) is 37.3 Å². The molecule has 1 aromatic heterocycles. The van der Waals surface area contributed by atoms with Gasteiger partial charge in [-0.25, -0.2) is 0 Å². The van der Waals surface area contributed by atoms with E-state index in [2.05, 4.69) is 57.0 Å². The second kappa shape index (κ2) is 4.56. The van der Waals surface area contributed by atoms with Gasteiger partial charge in [0.1, 0.15) is 11.3 Å². The standard InChI is InChI=1S/C15H10Br2O/c1-9-13-8-12(17)6-7-14(13)18-15(9)10-2-4-11(16)5-3-10/h2-8H,1H3. The maximum Gasteiger partial charge on any atom is 0.138 e. The summed E-state index contributed by atoms with van der Waals surface area (Å²) in [6, 6.07) is 14.3. The number of benzene rings is 2. The first-order chi connectivity index (χ1) is 8.65. The molecule has 0 radical (unpaired) electrons. The van der Waals surface area contributed by atoms with Crippen molar-refractivity contribution in [1.82, 2.24) is 0 Å². The molecule has 18 heavy (non-hydrogen) atoms. The Morgan fingerprint density at radius 3 is 2.28 bits per heavy atom. The maximum absolute atomic E-state index is 5.94. The van der Waals surface area contributed by atoms with Crippen LogP contribution in [0.3, 0.4) is 0 Å². The van der Waals surface area contributed by atoms with Crippen LogP contribution < -0.4 is 0 Å². The van der Waals surface area contributed by atoms with E-state index >= 15 is 0 Å². The van der Waals surface area contributed by atoms with E-state index in [4.69, 9.17) is 4.42 Å². The molecule has 0 bridgehead atoms. The minimum atomic E-state index is 0.925. The van der Waals surface area contributed by atoms with Gasteiger partial charge in [-0.1, -0.05) is 44.0 Å². The predicted octanol–water partition coefficient (Wildman–Crippen LogP) is 5.93. The number of hydrogen-bond acceptors (Lipinski definition) is 1. The van der Waals surface area contributed by atoms with E-state index in [1.807, 2.05) is 24.3 Å². The summed E-state index contributed by atoms with van der Waals surface area (Å²) in [6.07, 6.45) is 0. The van der Waals surface area contributed by atoms with Crippen molar-refractivity contribution in [1.29, 1.82) is 0 Å². The lowest BCUT2D eigenvalue weighted by molar-refractivity contribution is 0.629. The molecule has 3 rings (SSSR count). The Labute approximate surface area is 122 Å². The number of aryl methyl sites for hydroxylation is 1. The van der Waals surface area contributed by atoms with Crippen LogP contribution in [0.5, 0.6) is 0 Å². The van der Waals surface area contributed by atoms with E-state index in [1.54, 1.807) is 0 Å². The Hall–Kier alpha value is -1.06. The quantitative estimate of drug-likeness (QED) is 0.520. The summed E-state index contributed by atoms with van der Waals surface area (Å²) < 4.78 is 8.09. The number of furan rings is 1. The van der Waals surface area contributed by atoms with Gasteiger partial charge >= 0.3 is 0 Å². The van der Waals surface area contributed by atoms with Gasteiger partial charge in [0.2, 0.25) is 0 Å². The van der Waals surface area contributed by atoms with Crippen molar-refractivity contribution in [2.45, 2.75) is 6.92 Å². The topological polar surface area (TPSA) is 13.1 Å². The van der Waals surface area contributed by atoms with Gasteiger partial charge in [0.05, 0.1) is 0 Å². The molecule has 0 saturated heterocycles. The second-order valence-corrected chi connectivity index (χ2v) is 6.03. The molecule has 0 atom stereocenters. The second-order valence-electron chi connectivity index (χ2n) is 4.20. The van der Waals surface area contributed by atoms with Crippen LogP contribution in [0.25, 0.3) is 22.3 Å². The smallest absolute Gasteiger partial charge is 0.138 e. The van der Waals surface area contributed by atoms with Crippen LogP contribution in [0.15, 0.2) is 55.8 Å². The highest BCUT2D eigenvalue weighted by Gasteiger charge is 2.12. The molecule has 2 aromatic carbocycles. The van der Waals surface area contributed by atoms with Gasteiger partial charge in [-0.15, -0.1) is 0 Å². The largest absolute Gasteiger partial charge is 0.456 e. The first-order valence-electron chi connectivity index (χ1n) is 5.60. The lowest BCUT2D eigenvalue weighted by Crippen LogP contribution is -1.77. The van der Waals surface area contributed by atoms with Gasteiger partial charge in [0, 0.05) is 25.5 Å². The summed E-state index contributed by atoms with van der Waals surface area (Å²) in [6.45, 7) is 2.09. The minimum Gasteiger partial charge on any atom is -0.456 e. The highest BCUT2D eigenvalue weighted by Crippen LogP contribution is 2.34. The minimum absolute atomic E-state index is 0.925. The van der Waals surface area contributed by atoms with Crippen molar-refractivity contribution < 1.29 is 4.42 Å². The number of hydrogen-bond donors (Lipinski definition) is 0. The Morgan fingerprint density at radius 2 is 1.56 bits per heavy atom. The van der Waals surface area contributed by atoms with Gasteiger partial charge in [-0.2, -0.15) is 0 Å². The molecule has 3 heteroatoms. The molecule has 0 fully saturated rings. The van der Waals surface area contributed by atoms with E-state index in [-0.39, 0.29) is 0 Å². The van der Waals surface area contributed by atoms with Crippen molar-refractivity contribution in [3.05, 3.63) is 57.0 Å². The predicted molar refractivity (Wildman–Crippen MR) is 81.8 cm³/mol. The normalized spacial score (nSPS) is 11.1. The van der Waals surface area contributed by atoms with Crippen LogP contribution in [0.4, 0.5) is 0 Å². The molecule has 3 aromatic rings. The van der Waals surface area contributed by atoms with Crippen LogP contribution >= 0.6 is 31.9 Å². The third-order valence-corrected chi connectivity index (χ3v) is 4.03. The van der Waals surface area contributed by atoms with Gasteiger partial charge in [-0.3, -0.25) is 0 Å². The van der Waals surface area contributed by atoms with Crippen LogP contribution in [-0.2, 0) is 0 Å². The fourth-order valence-electron chi connectivity index (χ4n) is 2.07. The molecule has 0 aliphatic carbocycles. The Morgan fingerprint density at radius 1 is 0.889 bits per heavy atom. The molecule has 0 saturated carbocycles. The SMILES string of the molecule is Cc1c(-c2ccc(Br)cc2)oc2ccc(Br)cc12.